The number of benzene rings is 1. The van der Waals surface area contributed by atoms with Crippen LogP contribution in [0.2, 0.25) is 0 Å². The van der Waals surface area contributed by atoms with Gasteiger partial charge in [-0.2, -0.15) is 4.31 Å². The number of hydrogen-bond acceptors (Lipinski definition) is 5. The number of methoxy groups -OCH3 is 2. The Morgan fingerprint density at radius 3 is 2.43 bits per heavy atom. The molecule has 2 N–H and O–H groups in total. The molecule has 1 saturated heterocycles. The van der Waals surface area contributed by atoms with Crippen molar-refractivity contribution in [3.05, 3.63) is 18.2 Å². The fourth-order valence-electron chi connectivity index (χ4n) is 2.75. The van der Waals surface area contributed by atoms with Crippen molar-refractivity contribution in [1.82, 2.24) is 4.31 Å². The Labute approximate surface area is 136 Å². The number of nitrogens with two attached hydrogens (primary N) is 1. The number of nitrogens with zero attached hydrogens (tertiary/aromatic N) is 1. The van der Waals surface area contributed by atoms with Crippen LogP contribution in [0.15, 0.2) is 23.1 Å². The van der Waals surface area contributed by atoms with Gasteiger partial charge in [0.1, 0.15) is 0 Å². The van der Waals surface area contributed by atoms with Gasteiger partial charge in [-0.3, -0.25) is 4.79 Å². The van der Waals surface area contributed by atoms with Gasteiger partial charge < -0.3 is 15.2 Å². The average Bonchev–Trinajstić information content (AvgIpc) is 2.54. The van der Waals surface area contributed by atoms with Crippen LogP contribution in [0.3, 0.4) is 0 Å². The van der Waals surface area contributed by atoms with Crippen molar-refractivity contribution in [2.45, 2.75) is 30.7 Å². The molecule has 1 aromatic rings. The highest BCUT2D eigenvalue weighted by Crippen LogP contribution is 2.33. The number of piperidine rings is 1. The van der Waals surface area contributed by atoms with Gasteiger partial charge in [0, 0.05) is 18.7 Å². The summed E-state index contributed by atoms with van der Waals surface area (Å²) in [6.07, 6.45) is 1.20. The Morgan fingerprint density at radius 1 is 1.22 bits per heavy atom. The van der Waals surface area contributed by atoms with Gasteiger partial charge in [-0.25, -0.2) is 8.42 Å². The molecule has 1 aliphatic heterocycles. The molecule has 0 bridgehead atoms. The summed E-state index contributed by atoms with van der Waals surface area (Å²) in [6, 6.07) is 4.25. The molecule has 2 unspecified atom stereocenters. The van der Waals surface area contributed by atoms with Gasteiger partial charge in [0.25, 0.3) is 0 Å². The molecular formula is C15H22N2O5S. The molecule has 7 nitrogen and oxygen atoms in total. The van der Waals surface area contributed by atoms with E-state index in [1.165, 1.54) is 30.7 Å². The molecule has 0 spiro atoms. The summed E-state index contributed by atoms with van der Waals surface area (Å²) in [7, 11) is -0.818. The monoisotopic (exact) mass is 342 g/mol. The highest BCUT2D eigenvalue weighted by molar-refractivity contribution is 7.89. The summed E-state index contributed by atoms with van der Waals surface area (Å²) < 4.78 is 37.5. The van der Waals surface area contributed by atoms with Gasteiger partial charge >= 0.3 is 0 Å². The van der Waals surface area contributed by atoms with E-state index in [-0.39, 0.29) is 17.5 Å². The first-order valence-corrected chi connectivity index (χ1v) is 8.78. The first-order valence-electron chi connectivity index (χ1n) is 7.34. The van der Waals surface area contributed by atoms with Crippen LogP contribution in [-0.4, -0.2) is 45.4 Å². The number of ether oxygens (including phenoxy) is 2. The molecule has 128 valence electrons. The van der Waals surface area contributed by atoms with Crippen LogP contribution < -0.4 is 15.2 Å². The Morgan fingerprint density at radius 2 is 1.87 bits per heavy atom. The molecule has 1 amide bonds. The summed E-state index contributed by atoms with van der Waals surface area (Å²) in [5.41, 5.74) is 5.34. The summed E-state index contributed by atoms with van der Waals surface area (Å²) in [5, 5.41) is 0. The smallest absolute Gasteiger partial charge is 0.243 e. The predicted molar refractivity (Wildman–Crippen MR) is 84.8 cm³/mol. The standard InChI is InChI=1S/C15H22N2O5S/c1-10-4-5-11(15(16)18)9-17(10)23(19,20)12-6-7-13(21-2)14(8-12)22-3/h6-8,10-11H,4-5,9H2,1-3H3,(H2,16,18). The van der Waals surface area contributed by atoms with Crippen molar-refractivity contribution in [2.75, 3.05) is 20.8 Å². The third-order valence-corrected chi connectivity index (χ3v) is 6.16. The number of primary amides is 1. The fraction of sp³-hybridized carbons (Fsp3) is 0.533. The Hall–Kier alpha value is -1.80. The molecular weight excluding hydrogens is 320 g/mol. The van der Waals surface area contributed by atoms with Gasteiger partial charge in [-0.1, -0.05) is 0 Å². The van der Waals surface area contributed by atoms with E-state index in [1.54, 1.807) is 6.07 Å². The van der Waals surface area contributed by atoms with E-state index in [0.717, 1.165) is 0 Å². The maximum atomic E-state index is 12.9. The predicted octanol–water partition coefficient (Wildman–Crippen LogP) is 0.978. The van der Waals surface area contributed by atoms with Gasteiger partial charge in [0.2, 0.25) is 15.9 Å². The lowest BCUT2D eigenvalue weighted by Crippen LogP contribution is -2.48. The normalized spacial score (nSPS) is 22.6. The molecule has 23 heavy (non-hydrogen) atoms. The molecule has 1 heterocycles. The minimum Gasteiger partial charge on any atom is -0.493 e. The number of rotatable bonds is 5. The molecule has 1 fully saturated rings. The second-order valence-corrected chi connectivity index (χ2v) is 7.51. The SMILES string of the molecule is COc1ccc(S(=O)(=O)N2CC(C(N)=O)CCC2C)cc1OC. The van der Waals surface area contributed by atoms with Crippen LogP contribution in [0, 0.1) is 5.92 Å². The van der Waals surface area contributed by atoms with Gasteiger partial charge in [0.05, 0.1) is 25.0 Å². The topological polar surface area (TPSA) is 98.9 Å². The van der Waals surface area contributed by atoms with E-state index in [1.807, 2.05) is 6.92 Å². The van der Waals surface area contributed by atoms with E-state index in [2.05, 4.69) is 0 Å². The van der Waals surface area contributed by atoms with Crippen molar-refractivity contribution in [2.24, 2.45) is 11.7 Å². The number of carbonyl (C=O) groups is 1. The zero-order valence-corrected chi connectivity index (χ0v) is 14.3. The second kappa shape index (κ2) is 6.76. The third kappa shape index (κ3) is 3.42. The average molecular weight is 342 g/mol. The molecule has 1 aliphatic rings. The molecule has 2 rings (SSSR count). The number of amides is 1. The maximum absolute atomic E-state index is 12.9. The van der Waals surface area contributed by atoms with Gasteiger partial charge in [-0.15, -0.1) is 0 Å². The molecule has 1 aromatic carbocycles. The summed E-state index contributed by atoms with van der Waals surface area (Å²) in [6.45, 7) is 1.93. The van der Waals surface area contributed by atoms with E-state index >= 15 is 0 Å². The molecule has 0 radical (unpaired) electrons. The Balaban J connectivity index is 2.38. The van der Waals surface area contributed by atoms with Crippen LogP contribution in [-0.2, 0) is 14.8 Å². The summed E-state index contributed by atoms with van der Waals surface area (Å²) in [4.78, 5) is 11.5. The minimum atomic E-state index is -3.75. The minimum absolute atomic E-state index is 0.104. The summed E-state index contributed by atoms with van der Waals surface area (Å²) >= 11 is 0. The lowest BCUT2D eigenvalue weighted by Gasteiger charge is -2.35. The van der Waals surface area contributed by atoms with Crippen molar-refractivity contribution in [3.63, 3.8) is 0 Å². The Bertz CT molecular complexity index is 689. The lowest BCUT2D eigenvalue weighted by molar-refractivity contribution is -0.123. The highest BCUT2D eigenvalue weighted by Gasteiger charge is 2.37. The molecule has 0 aromatic heterocycles. The first-order chi connectivity index (χ1) is 10.8. The Kier molecular flexibility index (Phi) is 5.16. The molecule has 2 atom stereocenters. The quantitative estimate of drug-likeness (QED) is 0.860. The largest absolute Gasteiger partial charge is 0.493 e. The zero-order chi connectivity index (χ0) is 17.2. The second-order valence-electron chi connectivity index (χ2n) is 5.62. The van der Waals surface area contributed by atoms with Crippen molar-refractivity contribution >= 4 is 15.9 Å². The van der Waals surface area contributed by atoms with E-state index in [9.17, 15) is 13.2 Å². The van der Waals surface area contributed by atoms with E-state index in [0.29, 0.717) is 24.3 Å². The van der Waals surface area contributed by atoms with Crippen LogP contribution in [0.4, 0.5) is 0 Å². The number of hydrogen-bond donors (Lipinski definition) is 1. The van der Waals surface area contributed by atoms with Crippen molar-refractivity contribution in [3.8, 4) is 11.5 Å². The number of sulfonamides is 1. The first kappa shape index (κ1) is 17.6. The van der Waals surface area contributed by atoms with Crippen LogP contribution in [0.25, 0.3) is 0 Å². The highest BCUT2D eigenvalue weighted by atomic mass is 32.2. The van der Waals surface area contributed by atoms with Crippen molar-refractivity contribution in [1.29, 1.82) is 0 Å². The molecule has 0 saturated carbocycles. The third-order valence-electron chi connectivity index (χ3n) is 4.19. The molecule has 8 heteroatoms. The van der Waals surface area contributed by atoms with Crippen LogP contribution in [0.5, 0.6) is 11.5 Å². The number of carbonyl (C=O) groups excluding carboxylic acids is 1. The zero-order valence-electron chi connectivity index (χ0n) is 13.5. The van der Waals surface area contributed by atoms with E-state index < -0.39 is 21.8 Å². The maximum Gasteiger partial charge on any atom is 0.243 e. The van der Waals surface area contributed by atoms with Gasteiger partial charge in [-0.05, 0) is 31.9 Å². The van der Waals surface area contributed by atoms with E-state index in [4.69, 9.17) is 15.2 Å². The van der Waals surface area contributed by atoms with Crippen molar-refractivity contribution < 1.29 is 22.7 Å². The van der Waals surface area contributed by atoms with Crippen LogP contribution >= 0.6 is 0 Å². The lowest BCUT2D eigenvalue weighted by atomic mass is 9.95. The van der Waals surface area contributed by atoms with Gasteiger partial charge in [0.15, 0.2) is 11.5 Å². The molecule has 0 aliphatic carbocycles. The summed E-state index contributed by atoms with van der Waals surface area (Å²) in [5.74, 6) is -0.136. The van der Waals surface area contributed by atoms with Crippen LogP contribution in [0.1, 0.15) is 19.8 Å². The fourth-order valence-corrected chi connectivity index (χ4v) is 4.48.